The van der Waals surface area contributed by atoms with E-state index in [1.165, 1.54) is 0 Å². The summed E-state index contributed by atoms with van der Waals surface area (Å²) >= 11 is 0. The first kappa shape index (κ1) is 13.2. The van der Waals surface area contributed by atoms with Crippen LogP contribution in [0.15, 0.2) is 30.3 Å². The summed E-state index contributed by atoms with van der Waals surface area (Å²) in [4.78, 5) is 25.5. The Kier molecular flexibility index (Phi) is 3.72. The van der Waals surface area contributed by atoms with Crippen molar-refractivity contribution in [2.75, 3.05) is 13.1 Å². The fraction of sp³-hybridized carbons (Fsp3) is 0.500. The topological polar surface area (TPSA) is 49.4 Å². The van der Waals surface area contributed by atoms with Gasteiger partial charge in [0.1, 0.15) is 0 Å². The quantitative estimate of drug-likeness (QED) is 0.884. The first-order chi connectivity index (χ1) is 9.72. The Morgan fingerprint density at radius 2 is 2.00 bits per heavy atom. The van der Waals surface area contributed by atoms with Gasteiger partial charge in [-0.15, -0.1) is 0 Å². The molecule has 1 aromatic carbocycles. The average molecular weight is 272 g/mol. The van der Waals surface area contributed by atoms with Gasteiger partial charge in [-0.25, -0.2) is 0 Å². The molecule has 0 spiro atoms. The maximum absolute atomic E-state index is 12.0. The van der Waals surface area contributed by atoms with E-state index in [0.717, 1.165) is 24.9 Å². The number of carbonyl (C=O) groups excluding carboxylic acids is 2. The lowest BCUT2D eigenvalue weighted by Crippen LogP contribution is -2.32. The molecule has 4 nitrogen and oxygen atoms in total. The molecule has 1 aliphatic carbocycles. The van der Waals surface area contributed by atoms with Crippen LogP contribution in [0.4, 0.5) is 0 Å². The highest BCUT2D eigenvalue weighted by atomic mass is 16.2. The van der Waals surface area contributed by atoms with Crippen LogP contribution in [0.3, 0.4) is 0 Å². The second kappa shape index (κ2) is 5.65. The molecule has 1 unspecified atom stereocenters. The maximum atomic E-state index is 12.0. The molecular weight excluding hydrogens is 252 g/mol. The molecule has 1 aromatic rings. The van der Waals surface area contributed by atoms with Crippen LogP contribution in [0.2, 0.25) is 0 Å². The number of nitrogens with zero attached hydrogens (tertiary/aromatic N) is 1. The predicted octanol–water partition coefficient (Wildman–Crippen LogP) is 1.56. The molecule has 1 N–H and O–H groups in total. The third-order valence-electron chi connectivity index (χ3n) is 4.02. The number of likely N-dealkylation sites (tertiary alicyclic amines) is 1. The SMILES string of the molecule is O=C(NCC1CC(=O)N(Cc2ccccc2)C1)C1CC1. The highest BCUT2D eigenvalue weighted by molar-refractivity contribution is 5.81. The van der Waals surface area contributed by atoms with Crippen molar-refractivity contribution in [2.45, 2.75) is 25.8 Å². The van der Waals surface area contributed by atoms with Crippen LogP contribution < -0.4 is 5.32 Å². The van der Waals surface area contributed by atoms with Gasteiger partial charge >= 0.3 is 0 Å². The number of rotatable bonds is 5. The largest absolute Gasteiger partial charge is 0.356 e. The third kappa shape index (κ3) is 3.18. The summed E-state index contributed by atoms with van der Waals surface area (Å²) in [6.45, 7) is 2.05. The molecule has 0 radical (unpaired) electrons. The monoisotopic (exact) mass is 272 g/mol. The van der Waals surface area contributed by atoms with Crippen LogP contribution >= 0.6 is 0 Å². The minimum atomic E-state index is 0.166. The van der Waals surface area contributed by atoms with E-state index in [4.69, 9.17) is 0 Å². The molecule has 20 heavy (non-hydrogen) atoms. The fourth-order valence-electron chi connectivity index (χ4n) is 2.68. The van der Waals surface area contributed by atoms with Crippen LogP contribution in [-0.2, 0) is 16.1 Å². The number of benzene rings is 1. The van der Waals surface area contributed by atoms with Crippen LogP contribution in [0.25, 0.3) is 0 Å². The Morgan fingerprint density at radius 3 is 2.70 bits per heavy atom. The number of carbonyl (C=O) groups is 2. The first-order valence-corrected chi connectivity index (χ1v) is 7.32. The van der Waals surface area contributed by atoms with Crippen LogP contribution in [0.1, 0.15) is 24.8 Å². The highest BCUT2D eigenvalue weighted by Crippen LogP contribution is 2.29. The van der Waals surface area contributed by atoms with Crippen molar-refractivity contribution < 1.29 is 9.59 Å². The van der Waals surface area contributed by atoms with Crippen molar-refractivity contribution in [3.05, 3.63) is 35.9 Å². The zero-order valence-corrected chi connectivity index (χ0v) is 11.5. The molecule has 4 heteroatoms. The van der Waals surface area contributed by atoms with Crippen LogP contribution in [0, 0.1) is 11.8 Å². The molecule has 1 atom stereocenters. The Balaban J connectivity index is 1.48. The third-order valence-corrected chi connectivity index (χ3v) is 4.02. The lowest BCUT2D eigenvalue weighted by Gasteiger charge is -2.17. The maximum Gasteiger partial charge on any atom is 0.223 e. The van der Waals surface area contributed by atoms with E-state index >= 15 is 0 Å². The molecule has 1 aliphatic heterocycles. The summed E-state index contributed by atoms with van der Waals surface area (Å²) in [5.74, 6) is 0.861. The van der Waals surface area contributed by atoms with Crippen molar-refractivity contribution in [3.63, 3.8) is 0 Å². The molecule has 1 saturated heterocycles. The van der Waals surface area contributed by atoms with Gasteiger partial charge in [-0.3, -0.25) is 9.59 Å². The van der Waals surface area contributed by atoms with Gasteiger partial charge in [0.25, 0.3) is 0 Å². The number of nitrogens with one attached hydrogen (secondary N) is 1. The summed E-state index contributed by atoms with van der Waals surface area (Å²) in [5.41, 5.74) is 1.16. The Hall–Kier alpha value is -1.84. The van der Waals surface area contributed by atoms with Crippen molar-refractivity contribution in [2.24, 2.45) is 11.8 Å². The van der Waals surface area contributed by atoms with Gasteiger partial charge in [-0.05, 0) is 18.4 Å². The first-order valence-electron chi connectivity index (χ1n) is 7.32. The lowest BCUT2D eigenvalue weighted by atomic mass is 10.1. The average Bonchev–Trinajstić information content (AvgIpc) is 3.24. The standard InChI is InChI=1S/C16H20N2O2/c19-15-8-13(9-17-16(20)14-6-7-14)11-18(15)10-12-4-2-1-3-5-12/h1-5,13-14H,6-11H2,(H,17,20). The number of hydrogen-bond donors (Lipinski definition) is 1. The predicted molar refractivity (Wildman–Crippen MR) is 75.7 cm³/mol. The minimum absolute atomic E-state index is 0.166. The molecule has 0 bridgehead atoms. The van der Waals surface area contributed by atoms with E-state index in [9.17, 15) is 9.59 Å². The molecule has 106 valence electrons. The van der Waals surface area contributed by atoms with E-state index in [0.29, 0.717) is 19.5 Å². The molecule has 1 heterocycles. The van der Waals surface area contributed by atoms with Gasteiger partial charge in [0.2, 0.25) is 11.8 Å². The minimum Gasteiger partial charge on any atom is -0.356 e. The van der Waals surface area contributed by atoms with Crippen molar-refractivity contribution in [1.29, 1.82) is 0 Å². The molecule has 1 saturated carbocycles. The zero-order valence-electron chi connectivity index (χ0n) is 11.5. The molecule has 0 aromatic heterocycles. The summed E-state index contributed by atoms with van der Waals surface area (Å²) in [5, 5.41) is 2.97. The fourth-order valence-corrected chi connectivity index (χ4v) is 2.68. The van der Waals surface area contributed by atoms with Crippen molar-refractivity contribution in [1.82, 2.24) is 10.2 Å². The summed E-state index contributed by atoms with van der Waals surface area (Å²) in [7, 11) is 0. The van der Waals surface area contributed by atoms with Gasteiger partial charge in [-0.2, -0.15) is 0 Å². The highest BCUT2D eigenvalue weighted by Gasteiger charge is 2.32. The number of hydrogen-bond acceptors (Lipinski definition) is 2. The number of amides is 2. The van der Waals surface area contributed by atoms with Crippen LogP contribution in [-0.4, -0.2) is 29.8 Å². The molecule has 2 fully saturated rings. The second-order valence-corrected chi connectivity index (χ2v) is 5.85. The second-order valence-electron chi connectivity index (χ2n) is 5.85. The van der Waals surface area contributed by atoms with Crippen molar-refractivity contribution >= 4 is 11.8 Å². The van der Waals surface area contributed by atoms with E-state index in [2.05, 4.69) is 5.32 Å². The normalized spacial score (nSPS) is 22.1. The van der Waals surface area contributed by atoms with E-state index in [1.807, 2.05) is 35.2 Å². The van der Waals surface area contributed by atoms with Gasteiger partial charge in [-0.1, -0.05) is 30.3 Å². The summed E-state index contributed by atoms with van der Waals surface area (Å²) in [6.07, 6.45) is 2.60. The molecule has 2 amide bonds. The Labute approximate surface area is 119 Å². The van der Waals surface area contributed by atoms with Gasteiger partial charge in [0.15, 0.2) is 0 Å². The summed E-state index contributed by atoms with van der Waals surface area (Å²) in [6, 6.07) is 10.0. The van der Waals surface area contributed by atoms with Gasteiger partial charge in [0, 0.05) is 37.9 Å². The van der Waals surface area contributed by atoms with Crippen LogP contribution in [0.5, 0.6) is 0 Å². The lowest BCUT2D eigenvalue weighted by molar-refractivity contribution is -0.128. The Morgan fingerprint density at radius 1 is 1.25 bits per heavy atom. The van der Waals surface area contributed by atoms with E-state index in [1.54, 1.807) is 0 Å². The van der Waals surface area contributed by atoms with Gasteiger partial charge < -0.3 is 10.2 Å². The van der Waals surface area contributed by atoms with E-state index in [-0.39, 0.29) is 23.7 Å². The smallest absolute Gasteiger partial charge is 0.223 e. The summed E-state index contributed by atoms with van der Waals surface area (Å²) < 4.78 is 0. The van der Waals surface area contributed by atoms with Gasteiger partial charge in [0.05, 0.1) is 0 Å². The molecular formula is C16H20N2O2. The Bertz CT molecular complexity index is 496. The van der Waals surface area contributed by atoms with E-state index < -0.39 is 0 Å². The molecule has 3 rings (SSSR count). The zero-order chi connectivity index (χ0) is 13.9. The van der Waals surface area contributed by atoms with Crippen molar-refractivity contribution in [3.8, 4) is 0 Å². The molecule has 2 aliphatic rings.